The lowest BCUT2D eigenvalue weighted by atomic mass is 10.0. The van der Waals surface area contributed by atoms with Crippen LogP contribution in [0.4, 0.5) is 0 Å². The molecule has 13 heteroatoms. The van der Waals surface area contributed by atoms with Crippen molar-refractivity contribution >= 4 is 0 Å². The van der Waals surface area contributed by atoms with E-state index in [0.29, 0.717) is 11.5 Å². The number of aromatic nitrogens is 8. The van der Waals surface area contributed by atoms with Crippen LogP contribution in [0.2, 0.25) is 0 Å². The third-order valence-electron chi connectivity index (χ3n) is 13.4. The number of pyridine rings is 8. The highest BCUT2D eigenvalue weighted by molar-refractivity contribution is 5.79. The Kier molecular flexibility index (Phi) is 17.4. The van der Waals surface area contributed by atoms with Gasteiger partial charge in [0.05, 0.1) is 76.9 Å². The number of ether oxygens (including phenoxy) is 3. The van der Waals surface area contributed by atoms with Crippen molar-refractivity contribution in [1.82, 2.24) is 39.9 Å². The number of para-hydroxylation sites is 1. The second-order valence-electron chi connectivity index (χ2n) is 19.0. The van der Waals surface area contributed by atoms with E-state index < -0.39 is 0 Å². The van der Waals surface area contributed by atoms with Gasteiger partial charge in [-0.15, -0.1) is 0 Å². The second-order valence-corrected chi connectivity index (χ2v) is 19.0. The minimum Gasteiger partial charge on any atom is -0.504 e. The van der Waals surface area contributed by atoms with Gasteiger partial charge in [0.25, 0.3) is 0 Å². The average molecular weight is 1110 g/mol. The highest BCUT2D eigenvalue weighted by Crippen LogP contribution is 2.37. The highest BCUT2D eigenvalue weighted by atomic mass is 16.5. The van der Waals surface area contributed by atoms with Gasteiger partial charge in [-0.05, 0) is 179 Å². The summed E-state index contributed by atoms with van der Waals surface area (Å²) < 4.78 is 16.4. The van der Waals surface area contributed by atoms with Gasteiger partial charge in [0.2, 0.25) is 0 Å². The number of hydrogen-bond acceptors (Lipinski definition) is 13. The molecule has 0 saturated carbocycles. The quantitative estimate of drug-likeness (QED) is 0.112. The van der Waals surface area contributed by atoms with Gasteiger partial charge in [-0.2, -0.15) is 0 Å². The number of benzene rings is 5. The topological polar surface area (TPSA) is 171 Å². The summed E-state index contributed by atoms with van der Waals surface area (Å²) in [6, 6.07) is 79.4. The summed E-state index contributed by atoms with van der Waals surface area (Å²) in [6.07, 6.45) is 8.80. The molecule has 2 N–H and O–H groups in total. The number of rotatable bonds is 13. The molecule has 5 aromatic carbocycles. The van der Waals surface area contributed by atoms with Gasteiger partial charge < -0.3 is 24.4 Å². The van der Waals surface area contributed by atoms with E-state index in [1.54, 1.807) is 56.3 Å². The number of hydrogen-bond donors (Lipinski definition) is 2. The van der Waals surface area contributed by atoms with E-state index in [9.17, 15) is 10.2 Å². The summed E-state index contributed by atoms with van der Waals surface area (Å²) in [4.78, 5) is 36.6. The van der Waals surface area contributed by atoms with Gasteiger partial charge in [-0.25, -0.2) is 15.0 Å². The van der Waals surface area contributed by atoms with E-state index in [-0.39, 0.29) is 11.5 Å². The molecular weight excluding hydrogens is 1060 g/mol. The van der Waals surface area contributed by atoms with Crippen molar-refractivity contribution in [2.75, 3.05) is 14.2 Å². The van der Waals surface area contributed by atoms with Gasteiger partial charge >= 0.3 is 0 Å². The van der Waals surface area contributed by atoms with Crippen molar-refractivity contribution in [3.63, 3.8) is 0 Å². The minimum atomic E-state index is 0.102. The summed E-state index contributed by atoms with van der Waals surface area (Å²) >= 11 is 0. The standard InChI is InChI=1S/C27H19N3O.C23H18N2O2.C22H17N3O2/c1-2-8-22(9-3-1)31-23-14-12-20(13-15-23)21-18-26(24-10-4-6-16-28-24)30-27(19-21)25-11-5-7-17-29-25;1-27-23-15-17(10-11-22(23)26)18-13-20(16-7-3-2-4-8-16)25-21(14-18)19-9-5-6-12-24-19;1-27-22-14-15(8-9-21(22)26)16-12-19(17-6-2-4-10-23-17)25-20(13-16)18-7-3-5-11-24-18/h1-19H;2-15,26H,1H3;2-14,26H,1H3. The van der Waals surface area contributed by atoms with Crippen LogP contribution in [-0.2, 0) is 0 Å². The van der Waals surface area contributed by atoms with Crippen LogP contribution < -0.4 is 14.2 Å². The number of phenolic OH excluding ortho intramolecular Hbond substituents is 2. The molecule has 0 bridgehead atoms. The largest absolute Gasteiger partial charge is 0.504 e. The Bertz CT molecular complexity index is 3940. The van der Waals surface area contributed by atoms with Crippen molar-refractivity contribution < 1.29 is 24.4 Å². The Hall–Kier alpha value is -11.7. The summed E-state index contributed by atoms with van der Waals surface area (Å²) in [5, 5.41) is 19.8. The lowest BCUT2D eigenvalue weighted by Gasteiger charge is -2.11. The van der Waals surface area contributed by atoms with Gasteiger partial charge in [-0.3, -0.25) is 24.9 Å². The van der Waals surface area contributed by atoms with Crippen molar-refractivity contribution in [3.8, 4) is 136 Å². The Labute approximate surface area is 492 Å². The zero-order chi connectivity index (χ0) is 58.2. The first kappa shape index (κ1) is 55.2. The average Bonchev–Trinajstić information content (AvgIpc) is 3.77. The molecule has 13 aromatic rings. The fraction of sp³-hybridized carbons (Fsp3) is 0.0278. The first-order valence-corrected chi connectivity index (χ1v) is 27.1. The van der Waals surface area contributed by atoms with Crippen molar-refractivity contribution in [3.05, 3.63) is 280 Å². The van der Waals surface area contributed by atoms with Crippen LogP contribution in [0.1, 0.15) is 0 Å². The number of methoxy groups -OCH3 is 2. The number of aromatic hydroxyl groups is 2. The molecule has 0 aliphatic carbocycles. The van der Waals surface area contributed by atoms with E-state index in [4.69, 9.17) is 29.2 Å². The Morgan fingerprint density at radius 2 is 0.553 bits per heavy atom. The smallest absolute Gasteiger partial charge is 0.161 e. The van der Waals surface area contributed by atoms with Crippen LogP contribution in [0.3, 0.4) is 0 Å². The Balaban J connectivity index is 0.000000133. The third kappa shape index (κ3) is 13.9. The van der Waals surface area contributed by atoms with Gasteiger partial charge in [0, 0.05) is 36.5 Å². The molecule has 0 atom stereocenters. The molecule has 8 aromatic heterocycles. The first-order valence-electron chi connectivity index (χ1n) is 27.1. The van der Waals surface area contributed by atoms with E-state index in [2.05, 4.69) is 49.2 Å². The van der Waals surface area contributed by atoms with Gasteiger partial charge in [-0.1, -0.05) is 103 Å². The molecule has 0 radical (unpaired) electrons. The SMILES string of the molecule is COc1cc(-c2cc(-c3ccccc3)nc(-c3ccccn3)c2)ccc1O.COc1cc(-c2cc(-c3ccccn3)nc(-c3ccccn3)c2)ccc1O.c1ccc(Oc2ccc(-c3cc(-c4ccccn4)nc(-c4ccccn4)c3)cc2)cc1. The minimum absolute atomic E-state index is 0.102. The predicted octanol–water partition coefficient (Wildman–Crippen LogP) is 16.4. The van der Waals surface area contributed by atoms with Crippen LogP contribution in [0.15, 0.2) is 280 Å². The van der Waals surface area contributed by atoms with E-state index in [1.165, 1.54) is 7.11 Å². The van der Waals surface area contributed by atoms with Crippen molar-refractivity contribution in [1.29, 1.82) is 0 Å². The lowest BCUT2D eigenvalue weighted by Crippen LogP contribution is -1.94. The monoisotopic (exact) mass is 1110 g/mol. The van der Waals surface area contributed by atoms with Crippen LogP contribution in [0.5, 0.6) is 34.5 Å². The molecule has 85 heavy (non-hydrogen) atoms. The fourth-order valence-corrected chi connectivity index (χ4v) is 9.13. The second kappa shape index (κ2) is 26.7. The predicted molar refractivity (Wildman–Crippen MR) is 334 cm³/mol. The number of nitrogens with zero attached hydrogens (tertiary/aromatic N) is 8. The maximum Gasteiger partial charge on any atom is 0.161 e. The molecule has 0 fully saturated rings. The molecule has 8 heterocycles. The van der Waals surface area contributed by atoms with Crippen molar-refractivity contribution in [2.24, 2.45) is 0 Å². The van der Waals surface area contributed by atoms with Crippen LogP contribution >= 0.6 is 0 Å². The molecule has 0 unspecified atom stereocenters. The zero-order valence-corrected chi connectivity index (χ0v) is 46.3. The summed E-state index contributed by atoms with van der Waals surface area (Å²) in [6.45, 7) is 0. The third-order valence-corrected chi connectivity index (χ3v) is 13.4. The molecule has 0 saturated heterocycles. The molecule has 13 nitrogen and oxygen atoms in total. The van der Waals surface area contributed by atoms with E-state index >= 15 is 0 Å². The molecule has 0 aliphatic heterocycles. The molecule has 13 rings (SSSR count). The normalized spacial score (nSPS) is 10.6. The van der Waals surface area contributed by atoms with E-state index in [0.717, 1.165) is 113 Å². The number of phenols is 2. The zero-order valence-electron chi connectivity index (χ0n) is 46.3. The van der Waals surface area contributed by atoms with Gasteiger partial charge in [0.15, 0.2) is 23.0 Å². The molecule has 0 spiro atoms. The summed E-state index contributed by atoms with van der Waals surface area (Å²) in [7, 11) is 3.07. The van der Waals surface area contributed by atoms with Crippen LogP contribution in [-0.4, -0.2) is 64.3 Å². The lowest BCUT2D eigenvalue weighted by molar-refractivity contribution is 0.373. The Morgan fingerprint density at radius 1 is 0.247 bits per heavy atom. The Morgan fingerprint density at radius 3 is 0.906 bits per heavy atom. The molecular formula is C72H54N8O5. The first-order chi connectivity index (χ1) is 41.8. The van der Waals surface area contributed by atoms with Crippen LogP contribution in [0.25, 0.3) is 102 Å². The highest BCUT2D eigenvalue weighted by Gasteiger charge is 2.15. The van der Waals surface area contributed by atoms with E-state index in [1.807, 2.05) is 206 Å². The maximum absolute atomic E-state index is 9.90. The molecule has 0 aliphatic rings. The maximum atomic E-state index is 9.90. The summed E-state index contributed by atoms with van der Waals surface area (Å²) in [5.74, 6) is 2.68. The summed E-state index contributed by atoms with van der Waals surface area (Å²) in [5.41, 5.74) is 15.7. The van der Waals surface area contributed by atoms with Gasteiger partial charge in [0.1, 0.15) is 11.5 Å². The molecule has 412 valence electrons. The van der Waals surface area contributed by atoms with Crippen LogP contribution in [0, 0.1) is 0 Å². The fourth-order valence-electron chi connectivity index (χ4n) is 9.13. The van der Waals surface area contributed by atoms with Crippen molar-refractivity contribution in [2.45, 2.75) is 0 Å². The molecule has 0 amide bonds.